The van der Waals surface area contributed by atoms with Crippen molar-refractivity contribution in [2.75, 3.05) is 7.11 Å². The summed E-state index contributed by atoms with van der Waals surface area (Å²) in [5.74, 6) is -1.28. The van der Waals surface area contributed by atoms with Gasteiger partial charge in [0, 0.05) is 19.8 Å². The Labute approximate surface area is 158 Å². The van der Waals surface area contributed by atoms with Crippen molar-refractivity contribution in [1.29, 1.82) is 0 Å². The Morgan fingerprint density at radius 3 is 1.74 bits per heavy atom. The lowest BCUT2D eigenvalue weighted by molar-refractivity contribution is -0.145. The fraction of sp³-hybridized carbons (Fsp3) is 0.286. The molecule has 0 saturated heterocycles. The highest BCUT2D eigenvalue weighted by atomic mass is 16.5. The molecule has 2 amide bonds. The van der Waals surface area contributed by atoms with E-state index in [0.29, 0.717) is 12.8 Å². The molecule has 0 aliphatic heterocycles. The Kier molecular flexibility index (Phi) is 7.55. The van der Waals surface area contributed by atoms with Crippen molar-refractivity contribution >= 4 is 17.8 Å². The first kappa shape index (κ1) is 20.2. The number of carbonyl (C=O) groups is 3. The zero-order valence-corrected chi connectivity index (χ0v) is 15.5. The van der Waals surface area contributed by atoms with Gasteiger partial charge in [0.1, 0.15) is 12.1 Å². The van der Waals surface area contributed by atoms with Crippen LogP contribution in [0, 0.1) is 0 Å². The fourth-order valence-electron chi connectivity index (χ4n) is 2.76. The second-order valence-electron chi connectivity index (χ2n) is 6.22. The largest absolute Gasteiger partial charge is 0.467 e. The summed E-state index contributed by atoms with van der Waals surface area (Å²) in [4.78, 5) is 36.4. The Bertz CT molecular complexity index is 762. The van der Waals surface area contributed by atoms with Crippen LogP contribution in [0.3, 0.4) is 0 Å². The van der Waals surface area contributed by atoms with Crippen LogP contribution in [0.2, 0.25) is 0 Å². The zero-order valence-electron chi connectivity index (χ0n) is 15.5. The number of rotatable bonds is 8. The van der Waals surface area contributed by atoms with Crippen LogP contribution >= 0.6 is 0 Å². The van der Waals surface area contributed by atoms with Gasteiger partial charge < -0.3 is 15.4 Å². The third-order valence-electron chi connectivity index (χ3n) is 4.06. The molecule has 2 rings (SSSR count). The molecule has 0 saturated carbocycles. The topological polar surface area (TPSA) is 84.5 Å². The summed E-state index contributed by atoms with van der Waals surface area (Å²) in [6.07, 6.45) is 0.628. The molecule has 6 nitrogen and oxygen atoms in total. The molecule has 0 radical (unpaired) electrons. The first-order valence-corrected chi connectivity index (χ1v) is 8.72. The Morgan fingerprint density at radius 2 is 1.30 bits per heavy atom. The number of esters is 1. The molecule has 142 valence electrons. The first-order chi connectivity index (χ1) is 13.0. The van der Waals surface area contributed by atoms with E-state index in [-0.39, 0.29) is 5.91 Å². The van der Waals surface area contributed by atoms with E-state index in [1.54, 1.807) is 0 Å². The van der Waals surface area contributed by atoms with Gasteiger partial charge in [-0.3, -0.25) is 9.59 Å². The number of hydrogen-bond donors (Lipinski definition) is 2. The third-order valence-corrected chi connectivity index (χ3v) is 4.06. The van der Waals surface area contributed by atoms with E-state index in [2.05, 4.69) is 10.6 Å². The maximum atomic E-state index is 12.8. The number of nitrogens with one attached hydrogen (secondary N) is 2. The summed E-state index contributed by atoms with van der Waals surface area (Å²) in [6, 6.07) is 17.1. The van der Waals surface area contributed by atoms with E-state index in [4.69, 9.17) is 4.74 Å². The van der Waals surface area contributed by atoms with Gasteiger partial charge in [-0.05, 0) is 11.1 Å². The predicted molar refractivity (Wildman–Crippen MR) is 102 cm³/mol. The minimum atomic E-state index is -0.836. The van der Waals surface area contributed by atoms with Crippen LogP contribution in [0.25, 0.3) is 0 Å². The molecule has 2 aromatic carbocycles. The molecule has 6 heteroatoms. The monoisotopic (exact) mass is 368 g/mol. The molecule has 2 N–H and O–H groups in total. The molecule has 0 spiro atoms. The van der Waals surface area contributed by atoms with Gasteiger partial charge in [-0.1, -0.05) is 60.7 Å². The maximum Gasteiger partial charge on any atom is 0.328 e. The van der Waals surface area contributed by atoms with Gasteiger partial charge >= 0.3 is 5.97 Å². The molecule has 27 heavy (non-hydrogen) atoms. The highest BCUT2D eigenvalue weighted by Gasteiger charge is 2.27. The number of hydrogen-bond acceptors (Lipinski definition) is 4. The van der Waals surface area contributed by atoms with Crippen molar-refractivity contribution < 1.29 is 19.1 Å². The van der Waals surface area contributed by atoms with Gasteiger partial charge in [0.2, 0.25) is 11.8 Å². The van der Waals surface area contributed by atoms with Gasteiger partial charge in [0.15, 0.2) is 0 Å². The lowest BCUT2D eigenvalue weighted by Gasteiger charge is -2.22. The normalized spacial score (nSPS) is 12.5. The highest BCUT2D eigenvalue weighted by Crippen LogP contribution is 2.07. The fourth-order valence-corrected chi connectivity index (χ4v) is 2.76. The molecule has 0 heterocycles. The number of ether oxygens (including phenoxy) is 1. The zero-order chi connectivity index (χ0) is 19.6. The summed E-state index contributed by atoms with van der Waals surface area (Å²) in [5, 5.41) is 5.36. The molecule has 0 aromatic heterocycles. The van der Waals surface area contributed by atoms with E-state index in [9.17, 15) is 14.4 Å². The van der Waals surface area contributed by atoms with Crippen molar-refractivity contribution in [3.63, 3.8) is 0 Å². The molecular weight excluding hydrogens is 344 g/mol. The van der Waals surface area contributed by atoms with Gasteiger partial charge in [-0.25, -0.2) is 4.79 Å². The molecule has 0 aliphatic rings. The molecule has 0 fully saturated rings. The van der Waals surface area contributed by atoms with E-state index in [0.717, 1.165) is 11.1 Å². The summed E-state index contributed by atoms with van der Waals surface area (Å²) in [5.41, 5.74) is 1.80. The van der Waals surface area contributed by atoms with Crippen molar-refractivity contribution in [3.8, 4) is 0 Å². The lowest BCUT2D eigenvalue weighted by Crippen LogP contribution is -2.53. The number of carbonyl (C=O) groups excluding carboxylic acids is 3. The Balaban J connectivity index is 2.13. The van der Waals surface area contributed by atoms with Crippen LogP contribution in [0.15, 0.2) is 60.7 Å². The molecular formula is C21H24N2O4. The van der Waals surface area contributed by atoms with Gasteiger partial charge in [-0.2, -0.15) is 0 Å². The molecule has 2 aromatic rings. The van der Waals surface area contributed by atoms with Crippen molar-refractivity contribution in [3.05, 3.63) is 71.8 Å². The Hall–Kier alpha value is -3.15. The van der Waals surface area contributed by atoms with Crippen molar-refractivity contribution in [2.24, 2.45) is 0 Å². The van der Waals surface area contributed by atoms with Crippen LogP contribution in [0.4, 0.5) is 0 Å². The highest BCUT2D eigenvalue weighted by molar-refractivity contribution is 5.90. The van der Waals surface area contributed by atoms with Crippen LogP contribution in [0.5, 0.6) is 0 Å². The maximum absolute atomic E-state index is 12.8. The van der Waals surface area contributed by atoms with E-state index < -0.39 is 24.0 Å². The number of methoxy groups -OCH3 is 1. The lowest BCUT2D eigenvalue weighted by atomic mass is 10.0. The molecule has 2 atom stereocenters. The van der Waals surface area contributed by atoms with Crippen molar-refractivity contribution in [1.82, 2.24) is 10.6 Å². The second-order valence-corrected chi connectivity index (χ2v) is 6.22. The summed E-state index contributed by atoms with van der Waals surface area (Å²) in [6.45, 7) is 1.35. The quantitative estimate of drug-likeness (QED) is 0.694. The average Bonchev–Trinajstić information content (AvgIpc) is 2.67. The minimum absolute atomic E-state index is 0.303. The van der Waals surface area contributed by atoms with Gasteiger partial charge in [-0.15, -0.1) is 0 Å². The van der Waals surface area contributed by atoms with Crippen LogP contribution in [0.1, 0.15) is 18.1 Å². The first-order valence-electron chi connectivity index (χ1n) is 8.72. The predicted octanol–water partition coefficient (Wildman–Crippen LogP) is 1.63. The standard InChI is InChI=1S/C21H24N2O4/c1-15(24)22-18(13-16-9-5-3-6-10-16)20(25)23-19(21(26)27-2)14-17-11-7-4-8-12-17/h3-12,18-19H,13-14H2,1-2H3,(H,22,24)(H,23,25)/t18-,19+/m0/s1. The summed E-state index contributed by atoms with van der Waals surface area (Å²) in [7, 11) is 1.28. The van der Waals surface area contributed by atoms with Crippen LogP contribution in [-0.2, 0) is 32.0 Å². The van der Waals surface area contributed by atoms with Crippen LogP contribution in [-0.4, -0.2) is 37.0 Å². The summed E-state index contributed by atoms with van der Waals surface area (Å²) < 4.78 is 4.82. The molecule has 0 bridgehead atoms. The van der Waals surface area contributed by atoms with Gasteiger partial charge in [0.25, 0.3) is 0 Å². The minimum Gasteiger partial charge on any atom is -0.467 e. The molecule has 0 aliphatic carbocycles. The van der Waals surface area contributed by atoms with Crippen molar-refractivity contribution in [2.45, 2.75) is 31.8 Å². The van der Waals surface area contributed by atoms with Gasteiger partial charge in [0.05, 0.1) is 7.11 Å². The average molecular weight is 368 g/mol. The Morgan fingerprint density at radius 1 is 0.815 bits per heavy atom. The third kappa shape index (κ3) is 6.58. The van der Waals surface area contributed by atoms with E-state index in [1.165, 1.54) is 14.0 Å². The second kappa shape index (κ2) is 10.1. The van der Waals surface area contributed by atoms with E-state index in [1.807, 2.05) is 60.7 Å². The van der Waals surface area contributed by atoms with Crippen LogP contribution < -0.4 is 10.6 Å². The number of amides is 2. The van der Waals surface area contributed by atoms with E-state index >= 15 is 0 Å². The smallest absolute Gasteiger partial charge is 0.328 e. The SMILES string of the molecule is COC(=O)[C@@H](Cc1ccccc1)NC(=O)[C@H](Cc1ccccc1)NC(C)=O. The summed E-state index contributed by atoms with van der Waals surface area (Å²) >= 11 is 0. The number of benzene rings is 2. The molecule has 0 unspecified atom stereocenters.